The molecule has 2 aliphatic heterocycles. The molecule has 0 bridgehead atoms. The van der Waals surface area contributed by atoms with Gasteiger partial charge in [0.25, 0.3) is 0 Å². The fourth-order valence-corrected chi connectivity index (χ4v) is 6.89. The summed E-state index contributed by atoms with van der Waals surface area (Å²) in [6, 6.07) is 1.74. The highest BCUT2D eigenvalue weighted by molar-refractivity contribution is 5.96. The lowest BCUT2D eigenvalue weighted by Gasteiger charge is -2.60. The van der Waals surface area contributed by atoms with Gasteiger partial charge in [0.05, 0.1) is 30.0 Å². The Labute approximate surface area is 191 Å². The molecule has 9 nitrogen and oxygen atoms in total. The second-order valence-corrected chi connectivity index (χ2v) is 9.86. The first-order valence-corrected chi connectivity index (χ1v) is 11.4. The van der Waals surface area contributed by atoms with Crippen molar-refractivity contribution in [3.8, 4) is 0 Å². The van der Waals surface area contributed by atoms with E-state index < -0.39 is 58.4 Å². The summed E-state index contributed by atoms with van der Waals surface area (Å²) >= 11 is 0. The lowest BCUT2D eigenvalue weighted by Crippen LogP contribution is -2.71. The Morgan fingerprint density at radius 1 is 1.21 bits per heavy atom. The molecule has 0 N–H and O–H groups in total. The van der Waals surface area contributed by atoms with Crippen molar-refractivity contribution in [2.45, 2.75) is 64.3 Å². The summed E-state index contributed by atoms with van der Waals surface area (Å²) < 4.78 is 28.2. The van der Waals surface area contributed by atoms with Crippen LogP contribution in [-0.4, -0.2) is 48.6 Å². The van der Waals surface area contributed by atoms with E-state index >= 15 is 0 Å². The Morgan fingerprint density at radius 2 is 1.97 bits per heavy atom. The topological polar surface area (TPSA) is 122 Å². The summed E-state index contributed by atoms with van der Waals surface area (Å²) in [4.78, 5) is 51.5. The van der Waals surface area contributed by atoms with Crippen molar-refractivity contribution in [2.75, 3.05) is 13.2 Å². The van der Waals surface area contributed by atoms with Gasteiger partial charge in [0, 0.05) is 31.7 Å². The second-order valence-electron chi connectivity index (χ2n) is 9.86. The number of ketones is 1. The summed E-state index contributed by atoms with van der Waals surface area (Å²) in [5, 5.41) is 0. The number of hydrogen-bond acceptors (Lipinski definition) is 9. The number of epoxide rings is 1. The van der Waals surface area contributed by atoms with Crippen molar-refractivity contribution in [3.05, 3.63) is 24.2 Å². The number of ether oxygens (including phenoxy) is 4. The molecule has 0 amide bonds. The number of carbonyl (C=O) groups is 4. The molecule has 4 aliphatic rings. The molecule has 7 atom stereocenters. The molecule has 33 heavy (non-hydrogen) atoms. The monoisotopic (exact) mass is 460 g/mol. The van der Waals surface area contributed by atoms with E-state index in [1.165, 1.54) is 26.4 Å². The van der Waals surface area contributed by atoms with Gasteiger partial charge in [-0.3, -0.25) is 19.2 Å². The standard InChI is InChI=1S/C24H28O9/c1-13-19(27)20(32-15(3)26)24(12-30-14(2)25)18(5-4-7-22(24)11-31-22)23(13)9-17(33-21(23)28)16-6-8-29-10-16/h6,8,10,13,17-18,20H,4-5,7,9,11-12H2,1-3H3/t13-,17+,18-,20+,22+,23-,24+/m1/s1. The number of cyclic esters (lactones) is 1. The van der Waals surface area contributed by atoms with Gasteiger partial charge >= 0.3 is 17.9 Å². The molecule has 4 fully saturated rings. The number of Topliss-reactive ketones (excluding diaryl/α,β-unsaturated/α-hetero) is 1. The summed E-state index contributed by atoms with van der Waals surface area (Å²) in [6.07, 6.45) is 3.59. The molecule has 5 rings (SSSR count). The molecule has 2 saturated carbocycles. The van der Waals surface area contributed by atoms with E-state index in [0.29, 0.717) is 19.4 Å². The third-order valence-corrected chi connectivity index (χ3v) is 8.45. The van der Waals surface area contributed by atoms with Crippen LogP contribution < -0.4 is 0 Å². The average Bonchev–Trinajstić information content (AvgIpc) is 3.19. The van der Waals surface area contributed by atoms with Gasteiger partial charge in [0.2, 0.25) is 0 Å². The van der Waals surface area contributed by atoms with Crippen LogP contribution in [0.5, 0.6) is 0 Å². The molecule has 9 heteroatoms. The highest BCUT2D eigenvalue weighted by Crippen LogP contribution is 2.70. The minimum Gasteiger partial charge on any atom is -0.472 e. The second kappa shape index (κ2) is 7.41. The summed E-state index contributed by atoms with van der Waals surface area (Å²) in [7, 11) is 0. The first-order valence-electron chi connectivity index (χ1n) is 11.4. The minimum atomic E-state index is -1.18. The highest BCUT2D eigenvalue weighted by Gasteiger charge is 2.80. The van der Waals surface area contributed by atoms with Crippen molar-refractivity contribution in [1.29, 1.82) is 0 Å². The van der Waals surface area contributed by atoms with Gasteiger partial charge in [0.15, 0.2) is 11.9 Å². The number of furan rings is 1. The van der Waals surface area contributed by atoms with E-state index in [0.717, 1.165) is 12.0 Å². The molecule has 3 heterocycles. The van der Waals surface area contributed by atoms with Crippen LogP contribution in [0.4, 0.5) is 0 Å². The van der Waals surface area contributed by atoms with Crippen molar-refractivity contribution in [2.24, 2.45) is 22.7 Å². The third-order valence-electron chi connectivity index (χ3n) is 8.45. The van der Waals surface area contributed by atoms with Crippen molar-refractivity contribution >= 4 is 23.7 Å². The van der Waals surface area contributed by atoms with Crippen LogP contribution >= 0.6 is 0 Å². The molecule has 178 valence electrons. The quantitative estimate of drug-likeness (QED) is 0.379. The van der Waals surface area contributed by atoms with Crippen LogP contribution in [0, 0.1) is 22.7 Å². The third kappa shape index (κ3) is 2.94. The van der Waals surface area contributed by atoms with Gasteiger partial charge in [-0.15, -0.1) is 0 Å². The van der Waals surface area contributed by atoms with Crippen molar-refractivity contribution in [1.82, 2.24) is 0 Å². The van der Waals surface area contributed by atoms with Crippen molar-refractivity contribution in [3.63, 3.8) is 0 Å². The molecular weight excluding hydrogens is 432 g/mol. The van der Waals surface area contributed by atoms with E-state index in [2.05, 4.69) is 0 Å². The number of hydrogen-bond donors (Lipinski definition) is 0. The maximum Gasteiger partial charge on any atom is 0.313 e. The molecule has 1 aromatic rings. The molecule has 2 saturated heterocycles. The Bertz CT molecular complexity index is 994. The Hall–Kier alpha value is -2.68. The first kappa shape index (κ1) is 22.1. The van der Waals surface area contributed by atoms with E-state index in [1.54, 1.807) is 13.0 Å². The molecule has 0 aromatic carbocycles. The molecular formula is C24H28O9. The zero-order valence-corrected chi connectivity index (χ0v) is 19.0. The van der Waals surface area contributed by atoms with Crippen LogP contribution in [0.25, 0.3) is 0 Å². The maximum atomic E-state index is 13.9. The average molecular weight is 460 g/mol. The van der Waals surface area contributed by atoms with E-state index in [9.17, 15) is 19.2 Å². The smallest absolute Gasteiger partial charge is 0.313 e. The van der Waals surface area contributed by atoms with E-state index in [4.69, 9.17) is 23.4 Å². The Kier molecular flexibility index (Phi) is 4.97. The zero-order chi connectivity index (χ0) is 23.6. The number of esters is 3. The normalized spacial score (nSPS) is 41.5. The maximum absolute atomic E-state index is 13.9. The zero-order valence-electron chi connectivity index (χ0n) is 19.0. The molecule has 0 radical (unpaired) electrons. The lowest BCUT2D eigenvalue weighted by atomic mass is 9.42. The van der Waals surface area contributed by atoms with Gasteiger partial charge in [-0.1, -0.05) is 13.3 Å². The molecule has 1 aromatic heterocycles. The van der Waals surface area contributed by atoms with Crippen LogP contribution in [0.3, 0.4) is 0 Å². The summed E-state index contributed by atoms with van der Waals surface area (Å²) in [5.41, 5.74) is -2.41. The first-order chi connectivity index (χ1) is 15.7. The van der Waals surface area contributed by atoms with Crippen molar-refractivity contribution < 1.29 is 42.5 Å². The Morgan fingerprint density at radius 3 is 2.58 bits per heavy atom. The van der Waals surface area contributed by atoms with E-state index in [1.807, 2.05) is 0 Å². The highest BCUT2D eigenvalue weighted by atomic mass is 16.6. The number of carbonyl (C=O) groups excluding carboxylic acids is 4. The summed E-state index contributed by atoms with van der Waals surface area (Å²) in [6.45, 7) is 4.42. The molecule has 2 spiro atoms. The predicted octanol–water partition coefficient (Wildman–Crippen LogP) is 2.52. The predicted molar refractivity (Wildman–Crippen MR) is 109 cm³/mol. The van der Waals surface area contributed by atoms with Gasteiger partial charge in [0.1, 0.15) is 18.3 Å². The lowest BCUT2D eigenvalue weighted by molar-refractivity contribution is -0.223. The minimum absolute atomic E-state index is 0.172. The molecule has 0 unspecified atom stereocenters. The van der Waals surface area contributed by atoms with Gasteiger partial charge in [-0.25, -0.2) is 0 Å². The number of fused-ring (bicyclic) bond motifs is 3. The van der Waals surface area contributed by atoms with Gasteiger partial charge in [-0.05, 0) is 24.8 Å². The molecule has 2 aliphatic carbocycles. The van der Waals surface area contributed by atoms with Crippen LogP contribution in [0.1, 0.15) is 58.1 Å². The van der Waals surface area contributed by atoms with Crippen LogP contribution in [-0.2, 0) is 38.1 Å². The van der Waals surface area contributed by atoms with E-state index in [-0.39, 0.29) is 18.8 Å². The SMILES string of the molecule is CC(=O)OC[C@@]12[C@H](CCC[C@]13CO3)[C@@]1(C[C@@H](c3ccoc3)OC1=O)[C@H](C)C(=O)[C@@H]2OC(C)=O. The fourth-order valence-electron chi connectivity index (χ4n) is 6.89. The van der Waals surface area contributed by atoms with Crippen LogP contribution in [0.2, 0.25) is 0 Å². The largest absolute Gasteiger partial charge is 0.472 e. The fraction of sp³-hybridized carbons (Fsp3) is 0.667. The van der Waals surface area contributed by atoms with Gasteiger partial charge < -0.3 is 23.4 Å². The Balaban J connectivity index is 1.67. The van der Waals surface area contributed by atoms with Crippen LogP contribution in [0.15, 0.2) is 23.0 Å². The summed E-state index contributed by atoms with van der Waals surface area (Å²) in [5.74, 6) is -3.14. The number of rotatable bonds is 4. The van der Waals surface area contributed by atoms with Gasteiger partial charge in [-0.2, -0.15) is 0 Å².